The van der Waals surface area contributed by atoms with Gasteiger partial charge >= 0.3 is 5.97 Å². The van der Waals surface area contributed by atoms with Crippen LogP contribution in [0.4, 0.5) is 5.69 Å². The maximum atomic E-state index is 12.3. The Hall–Kier alpha value is -2.23. The van der Waals surface area contributed by atoms with E-state index < -0.39 is 5.97 Å². The SMILES string of the molecule is O=C(COC(=O)c1sccc1NC(=O)Cc1ccc(Br)cc1)NCC1CCCO1. The Morgan fingerprint density at radius 2 is 1.97 bits per heavy atom. The molecule has 1 aromatic heterocycles. The van der Waals surface area contributed by atoms with Crippen LogP contribution in [0.5, 0.6) is 0 Å². The smallest absolute Gasteiger partial charge is 0.350 e. The van der Waals surface area contributed by atoms with Crippen molar-refractivity contribution in [3.63, 3.8) is 0 Å². The first-order chi connectivity index (χ1) is 14.0. The molecule has 3 rings (SSSR count). The van der Waals surface area contributed by atoms with Crippen LogP contribution in [0.25, 0.3) is 0 Å². The van der Waals surface area contributed by atoms with Gasteiger partial charge in [0, 0.05) is 17.6 Å². The summed E-state index contributed by atoms with van der Waals surface area (Å²) in [6.45, 7) is 0.743. The van der Waals surface area contributed by atoms with E-state index in [1.54, 1.807) is 11.4 Å². The van der Waals surface area contributed by atoms with E-state index in [0.29, 0.717) is 18.8 Å². The zero-order chi connectivity index (χ0) is 20.6. The Kier molecular flexibility index (Phi) is 7.79. The highest BCUT2D eigenvalue weighted by molar-refractivity contribution is 9.10. The van der Waals surface area contributed by atoms with Gasteiger partial charge in [-0.15, -0.1) is 11.3 Å². The molecule has 0 aliphatic carbocycles. The Balaban J connectivity index is 1.46. The third kappa shape index (κ3) is 6.66. The third-order valence-corrected chi connectivity index (χ3v) is 5.71. The summed E-state index contributed by atoms with van der Waals surface area (Å²) in [4.78, 5) is 36.7. The first kappa shape index (κ1) is 21.5. The van der Waals surface area contributed by atoms with Gasteiger partial charge in [0.2, 0.25) is 5.91 Å². The van der Waals surface area contributed by atoms with Crippen molar-refractivity contribution in [3.05, 3.63) is 50.6 Å². The average Bonchev–Trinajstić information content (AvgIpc) is 3.38. The molecule has 1 unspecified atom stereocenters. The minimum atomic E-state index is -0.647. The van der Waals surface area contributed by atoms with Gasteiger partial charge in [0.05, 0.1) is 18.2 Å². The molecule has 0 spiro atoms. The fourth-order valence-electron chi connectivity index (χ4n) is 2.83. The third-order valence-electron chi connectivity index (χ3n) is 4.29. The number of carbonyl (C=O) groups is 3. The summed E-state index contributed by atoms with van der Waals surface area (Å²) in [5, 5.41) is 7.10. The Morgan fingerprint density at radius 1 is 1.17 bits per heavy atom. The van der Waals surface area contributed by atoms with Gasteiger partial charge in [0.15, 0.2) is 6.61 Å². The lowest BCUT2D eigenvalue weighted by Gasteiger charge is -2.11. The van der Waals surface area contributed by atoms with Crippen molar-refractivity contribution in [2.45, 2.75) is 25.4 Å². The lowest BCUT2D eigenvalue weighted by atomic mass is 10.1. The number of nitrogens with one attached hydrogen (secondary N) is 2. The maximum Gasteiger partial charge on any atom is 0.350 e. The van der Waals surface area contributed by atoms with Crippen molar-refractivity contribution in [1.82, 2.24) is 5.32 Å². The maximum absolute atomic E-state index is 12.3. The summed E-state index contributed by atoms with van der Waals surface area (Å²) < 4.78 is 11.4. The molecule has 0 saturated carbocycles. The Morgan fingerprint density at radius 3 is 2.69 bits per heavy atom. The number of hydrogen-bond donors (Lipinski definition) is 2. The van der Waals surface area contributed by atoms with Crippen molar-refractivity contribution in [2.24, 2.45) is 0 Å². The minimum absolute atomic E-state index is 0.0273. The summed E-state index contributed by atoms with van der Waals surface area (Å²) in [6, 6.07) is 9.06. The van der Waals surface area contributed by atoms with Crippen LogP contribution < -0.4 is 10.6 Å². The van der Waals surface area contributed by atoms with Gasteiger partial charge in [-0.25, -0.2) is 4.79 Å². The molecular weight excluding hydrogens is 460 g/mol. The van der Waals surface area contributed by atoms with Crippen LogP contribution in [-0.2, 0) is 25.5 Å². The molecule has 0 radical (unpaired) electrons. The van der Waals surface area contributed by atoms with Crippen LogP contribution in [-0.4, -0.2) is 43.6 Å². The minimum Gasteiger partial charge on any atom is -0.451 e. The summed E-state index contributed by atoms with van der Waals surface area (Å²) >= 11 is 4.50. The molecule has 2 heterocycles. The second kappa shape index (κ2) is 10.5. The molecule has 154 valence electrons. The molecule has 9 heteroatoms. The number of halogens is 1. The molecule has 2 amide bonds. The van der Waals surface area contributed by atoms with E-state index in [0.717, 1.165) is 34.2 Å². The van der Waals surface area contributed by atoms with E-state index in [9.17, 15) is 14.4 Å². The lowest BCUT2D eigenvalue weighted by molar-refractivity contribution is -0.124. The van der Waals surface area contributed by atoms with E-state index in [1.807, 2.05) is 24.3 Å². The molecule has 1 aliphatic rings. The lowest BCUT2D eigenvalue weighted by Crippen LogP contribution is -2.34. The molecule has 1 saturated heterocycles. The quantitative estimate of drug-likeness (QED) is 0.566. The number of hydrogen-bond acceptors (Lipinski definition) is 6. The van der Waals surface area contributed by atoms with Crippen LogP contribution in [0.2, 0.25) is 0 Å². The first-order valence-corrected chi connectivity index (χ1v) is 10.9. The number of anilines is 1. The van der Waals surface area contributed by atoms with Gasteiger partial charge in [-0.1, -0.05) is 28.1 Å². The predicted molar refractivity (Wildman–Crippen MR) is 113 cm³/mol. The number of benzene rings is 1. The first-order valence-electron chi connectivity index (χ1n) is 9.18. The van der Waals surface area contributed by atoms with Crippen molar-refractivity contribution in [3.8, 4) is 0 Å². The predicted octanol–water partition coefficient (Wildman–Crippen LogP) is 3.14. The van der Waals surface area contributed by atoms with E-state index in [4.69, 9.17) is 9.47 Å². The van der Waals surface area contributed by atoms with E-state index in [1.165, 1.54) is 0 Å². The van der Waals surface area contributed by atoms with Gasteiger partial charge in [0.25, 0.3) is 5.91 Å². The molecule has 1 aliphatic heterocycles. The highest BCUT2D eigenvalue weighted by Crippen LogP contribution is 2.23. The number of esters is 1. The summed E-state index contributed by atoms with van der Waals surface area (Å²) in [5.74, 6) is -1.27. The van der Waals surface area contributed by atoms with Gasteiger partial charge in [0.1, 0.15) is 4.88 Å². The van der Waals surface area contributed by atoms with E-state index in [2.05, 4.69) is 26.6 Å². The van der Waals surface area contributed by atoms with Crippen molar-refractivity contribution >= 4 is 50.7 Å². The molecule has 2 aromatic rings. The number of thiophene rings is 1. The van der Waals surface area contributed by atoms with Crippen LogP contribution >= 0.6 is 27.3 Å². The zero-order valence-electron chi connectivity index (χ0n) is 15.6. The van der Waals surface area contributed by atoms with Crippen LogP contribution in [0.3, 0.4) is 0 Å². The largest absolute Gasteiger partial charge is 0.451 e. The fourth-order valence-corrected chi connectivity index (χ4v) is 3.83. The fraction of sp³-hybridized carbons (Fsp3) is 0.350. The van der Waals surface area contributed by atoms with Gasteiger partial charge < -0.3 is 20.1 Å². The summed E-state index contributed by atoms with van der Waals surface area (Å²) in [6.07, 6.45) is 2.12. The van der Waals surface area contributed by atoms with Crippen LogP contribution in [0, 0.1) is 0 Å². The topological polar surface area (TPSA) is 93.7 Å². The van der Waals surface area contributed by atoms with Crippen LogP contribution in [0.15, 0.2) is 40.2 Å². The van der Waals surface area contributed by atoms with Crippen molar-refractivity contribution in [1.29, 1.82) is 0 Å². The molecule has 1 aromatic carbocycles. The van der Waals surface area contributed by atoms with Gasteiger partial charge in [-0.2, -0.15) is 0 Å². The number of rotatable bonds is 8. The Labute approximate surface area is 180 Å². The number of carbonyl (C=O) groups excluding carboxylic acids is 3. The number of amides is 2. The summed E-state index contributed by atoms with van der Waals surface area (Å²) in [5.41, 5.74) is 1.23. The molecule has 1 atom stereocenters. The zero-order valence-corrected chi connectivity index (χ0v) is 18.0. The molecule has 29 heavy (non-hydrogen) atoms. The highest BCUT2D eigenvalue weighted by atomic mass is 79.9. The molecule has 7 nitrogen and oxygen atoms in total. The second-order valence-electron chi connectivity index (χ2n) is 6.53. The van der Waals surface area contributed by atoms with Crippen molar-refractivity contribution in [2.75, 3.05) is 25.1 Å². The van der Waals surface area contributed by atoms with Crippen LogP contribution in [0.1, 0.15) is 28.1 Å². The van der Waals surface area contributed by atoms with E-state index in [-0.39, 0.29) is 35.8 Å². The van der Waals surface area contributed by atoms with Gasteiger partial charge in [-0.3, -0.25) is 9.59 Å². The summed E-state index contributed by atoms with van der Waals surface area (Å²) in [7, 11) is 0. The average molecular weight is 481 g/mol. The molecular formula is C20H21BrN2O5S. The standard InChI is InChI=1S/C20H21BrN2O5S/c21-14-5-3-13(4-6-14)10-17(24)23-16-7-9-29-19(16)20(26)28-12-18(25)22-11-15-2-1-8-27-15/h3-7,9,15H,1-2,8,10-12H2,(H,22,25)(H,23,24). The van der Waals surface area contributed by atoms with E-state index >= 15 is 0 Å². The normalized spacial score (nSPS) is 15.7. The monoisotopic (exact) mass is 480 g/mol. The highest BCUT2D eigenvalue weighted by Gasteiger charge is 2.19. The molecule has 0 bridgehead atoms. The molecule has 2 N–H and O–H groups in total. The van der Waals surface area contributed by atoms with Gasteiger partial charge in [-0.05, 0) is 42.0 Å². The second-order valence-corrected chi connectivity index (χ2v) is 8.36. The molecule has 1 fully saturated rings. The number of ether oxygens (including phenoxy) is 2. The van der Waals surface area contributed by atoms with Crippen molar-refractivity contribution < 1.29 is 23.9 Å². The Bertz CT molecular complexity index is 862.